The number of hydrogen-bond acceptors (Lipinski definition) is 2. The van der Waals surface area contributed by atoms with Crippen LogP contribution < -0.4 is 0 Å². The molecule has 1 unspecified atom stereocenters. The van der Waals surface area contributed by atoms with E-state index in [9.17, 15) is 9.59 Å². The van der Waals surface area contributed by atoms with Crippen molar-refractivity contribution in [3.8, 4) is 0 Å². The van der Waals surface area contributed by atoms with Gasteiger partial charge >= 0.3 is 5.97 Å². The van der Waals surface area contributed by atoms with Crippen LogP contribution in [0, 0.1) is 0 Å². The van der Waals surface area contributed by atoms with Crippen LogP contribution >= 0.6 is 0 Å². The van der Waals surface area contributed by atoms with E-state index < -0.39 is 5.97 Å². The third-order valence-electron chi connectivity index (χ3n) is 3.94. The lowest BCUT2D eigenvalue weighted by Crippen LogP contribution is -2.27. The first-order valence-corrected chi connectivity index (χ1v) is 6.71. The molecule has 1 aliphatic heterocycles. The minimum absolute atomic E-state index is 0.0255. The summed E-state index contributed by atoms with van der Waals surface area (Å²) in [6.07, 6.45) is 1.54. The zero-order valence-electron chi connectivity index (χ0n) is 11.2. The summed E-state index contributed by atoms with van der Waals surface area (Å²) < 4.78 is 0. The number of nitrogens with zero attached hydrogens (tertiary/aromatic N) is 1. The maximum absolute atomic E-state index is 11.8. The molecule has 1 saturated heterocycles. The van der Waals surface area contributed by atoms with Crippen LogP contribution in [0.3, 0.4) is 0 Å². The molecule has 2 aromatic rings. The maximum atomic E-state index is 11.8. The second-order valence-electron chi connectivity index (χ2n) is 5.20. The molecule has 2 N–H and O–H groups in total. The van der Waals surface area contributed by atoms with Gasteiger partial charge in [-0.3, -0.25) is 4.79 Å². The summed E-state index contributed by atoms with van der Waals surface area (Å²) >= 11 is 0. The van der Waals surface area contributed by atoms with Crippen LogP contribution in [0.25, 0.3) is 10.9 Å². The first-order chi connectivity index (χ1) is 9.56. The molecule has 1 fully saturated rings. The van der Waals surface area contributed by atoms with Crippen LogP contribution in [0.4, 0.5) is 0 Å². The second-order valence-corrected chi connectivity index (χ2v) is 5.20. The molecule has 0 aliphatic carbocycles. The molecule has 1 atom stereocenters. The monoisotopic (exact) mass is 272 g/mol. The molecule has 1 amide bonds. The molecular formula is C15H16N2O3. The molecule has 0 bridgehead atoms. The summed E-state index contributed by atoms with van der Waals surface area (Å²) in [5.41, 5.74) is 2.01. The number of carbonyl (C=O) groups excluding carboxylic acids is 1. The number of carboxylic acid groups (broad SMARTS) is 1. The Morgan fingerprint density at radius 3 is 2.85 bits per heavy atom. The first kappa shape index (κ1) is 12.7. The summed E-state index contributed by atoms with van der Waals surface area (Å²) in [5.74, 6) is -0.775. The van der Waals surface area contributed by atoms with Gasteiger partial charge in [0, 0.05) is 23.9 Å². The fourth-order valence-corrected chi connectivity index (χ4v) is 2.78. The Morgan fingerprint density at radius 1 is 1.40 bits per heavy atom. The highest BCUT2D eigenvalue weighted by atomic mass is 16.4. The Morgan fingerprint density at radius 2 is 2.20 bits per heavy atom. The number of fused-ring (bicyclic) bond motifs is 1. The smallest absolute Gasteiger partial charge is 0.352 e. The van der Waals surface area contributed by atoms with Crippen LogP contribution in [0.2, 0.25) is 0 Å². The average Bonchev–Trinajstić information content (AvgIpc) is 3.02. The van der Waals surface area contributed by atoms with E-state index in [4.69, 9.17) is 5.11 Å². The lowest BCUT2D eigenvalue weighted by atomic mass is 10.1. The van der Waals surface area contributed by atoms with Gasteiger partial charge < -0.3 is 15.0 Å². The van der Waals surface area contributed by atoms with E-state index in [1.807, 2.05) is 30.0 Å². The van der Waals surface area contributed by atoms with Crippen molar-refractivity contribution in [2.75, 3.05) is 6.54 Å². The van der Waals surface area contributed by atoms with E-state index >= 15 is 0 Å². The molecule has 0 spiro atoms. The topological polar surface area (TPSA) is 73.4 Å². The van der Waals surface area contributed by atoms with E-state index in [1.54, 1.807) is 6.07 Å². The fraction of sp³-hybridized carbons (Fsp3) is 0.333. The fourth-order valence-electron chi connectivity index (χ4n) is 2.78. The van der Waals surface area contributed by atoms with Gasteiger partial charge in [-0.05, 0) is 37.1 Å². The summed E-state index contributed by atoms with van der Waals surface area (Å²) in [6.45, 7) is 2.81. The van der Waals surface area contributed by atoms with E-state index in [1.165, 1.54) is 0 Å². The van der Waals surface area contributed by atoms with Crippen LogP contribution in [-0.2, 0) is 4.79 Å². The van der Waals surface area contributed by atoms with E-state index in [-0.39, 0.29) is 17.6 Å². The Balaban J connectivity index is 1.95. The van der Waals surface area contributed by atoms with Crippen molar-refractivity contribution in [3.05, 3.63) is 35.5 Å². The summed E-state index contributed by atoms with van der Waals surface area (Å²) in [6, 6.07) is 7.42. The normalized spacial score (nSPS) is 16.9. The molecule has 5 nitrogen and oxygen atoms in total. The standard InChI is InChI=1S/C15H16N2O3/c1-9(17-6-2-3-14(17)18)10-4-5-12-11(7-10)8-13(16-12)15(19)20/h4-5,7-9,16H,2-3,6H2,1H3,(H,19,20). The Kier molecular flexibility index (Phi) is 2.97. The lowest BCUT2D eigenvalue weighted by molar-refractivity contribution is -0.129. The molecule has 20 heavy (non-hydrogen) atoms. The van der Waals surface area contributed by atoms with Gasteiger partial charge in [-0.25, -0.2) is 4.79 Å². The lowest BCUT2D eigenvalue weighted by Gasteiger charge is -2.24. The number of likely N-dealkylation sites (tertiary alicyclic amines) is 1. The molecule has 1 aromatic heterocycles. The van der Waals surface area contributed by atoms with Crippen molar-refractivity contribution >= 4 is 22.8 Å². The number of benzene rings is 1. The predicted molar refractivity (Wildman–Crippen MR) is 74.6 cm³/mol. The molecule has 1 aromatic carbocycles. The third-order valence-corrected chi connectivity index (χ3v) is 3.94. The molecule has 0 saturated carbocycles. The number of carbonyl (C=O) groups is 2. The van der Waals surface area contributed by atoms with Crippen molar-refractivity contribution in [2.45, 2.75) is 25.8 Å². The van der Waals surface area contributed by atoms with E-state index in [2.05, 4.69) is 4.98 Å². The highest BCUT2D eigenvalue weighted by Crippen LogP contribution is 2.28. The Bertz CT molecular complexity index is 689. The minimum Gasteiger partial charge on any atom is -0.477 e. The molecule has 0 radical (unpaired) electrons. The van der Waals surface area contributed by atoms with Crippen molar-refractivity contribution in [3.63, 3.8) is 0 Å². The molecule has 1 aliphatic rings. The van der Waals surface area contributed by atoms with E-state index in [0.29, 0.717) is 6.42 Å². The zero-order chi connectivity index (χ0) is 14.3. The zero-order valence-corrected chi connectivity index (χ0v) is 11.2. The van der Waals surface area contributed by atoms with Crippen molar-refractivity contribution in [1.29, 1.82) is 0 Å². The number of amides is 1. The number of aromatic nitrogens is 1. The number of hydrogen-bond donors (Lipinski definition) is 2. The predicted octanol–water partition coefficient (Wildman–Crippen LogP) is 2.55. The minimum atomic E-state index is -0.967. The van der Waals surface area contributed by atoms with Crippen molar-refractivity contribution < 1.29 is 14.7 Å². The number of H-pyrrole nitrogens is 1. The third kappa shape index (κ3) is 2.05. The second kappa shape index (κ2) is 4.67. The largest absolute Gasteiger partial charge is 0.477 e. The SMILES string of the molecule is CC(c1ccc2[nH]c(C(=O)O)cc2c1)N1CCCC1=O. The summed E-state index contributed by atoms with van der Waals surface area (Å²) in [5, 5.41) is 9.85. The van der Waals surface area contributed by atoms with Crippen molar-refractivity contribution in [1.82, 2.24) is 9.88 Å². The van der Waals surface area contributed by atoms with Crippen molar-refractivity contribution in [2.24, 2.45) is 0 Å². The Labute approximate surface area is 116 Å². The van der Waals surface area contributed by atoms with Crippen LogP contribution in [-0.4, -0.2) is 33.4 Å². The number of aromatic carboxylic acids is 1. The maximum Gasteiger partial charge on any atom is 0.352 e. The van der Waals surface area contributed by atoms with Gasteiger partial charge in [-0.1, -0.05) is 6.07 Å². The molecule has 104 valence electrons. The number of nitrogens with one attached hydrogen (secondary N) is 1. The highest BCUT2D eigenvalue weighted by Gasteiger charge is 2.26. The molecule has 2 heterocycles. The van der Waals surface area contributed by atoms with E-state index in [0.717, 1.165) is 29.4 Å². The van der Waals surface area contributed by atoms with Gasteiger partial charge in [0.25, 0.3) is 0 Å². The summed E-state index contributed by atoms with van der Waals surface area (Å²) in [4.78, 5) is 27.5. The number of carboxylic acids is 1. The van der Waals surface area contributed by atoms with Gasteiger partial charge in [0.2, 0.25) is 5.91 Å². The quantitative estimate of drug-likeness (QED) is 0.901. The number of aromatic amines is 1. The highest BCUT2D eigenvalue weighted by molar-refractivity contribution is 5.94. The molecule has 5 heteroatoms. The van der Waals surface area contributed by atoms with Gasteiger partial charge in [-0.2, -0.15) is 0 Å². The van der Waals surface area contributed by atoms with Gasteiger partial charge in [-0.15, -0.1) is 0 Å². The van der Waals surface area contributed by atoms with Crippen LogP contribution in [0.5, 0.6) is 0 Å². The molecular weight excluding hydrogens is 256 g/mol. The van der Waals surface area contributed by atoms with Gasteiger partial charge in [0.1, 0.15) is 5.69 Å². The van der Waals surface area contributed by atoms with Crippen LogP contribution in [0.15, 0.2) is 24.3 Å². The Hall–Kier alpha value is -2.30. The number of rotatable bonds is 3. The summed E-state index contributed by atoms with van der Waals surface area (Å²) in [7, 11) is 0. The first-order valence-electron chi connectivity index (χ1n) is 6.71. The van der Waals surface area contributed by atoms with Gasteiger partial charge in [0.05, 0.1) is 6.04 Å². The van der Waals surface area contributed by atoms with Gasteiger partial charge in [0.15, 0.2) is 0 Å². The van der Waals surface area contributed by atoms with Crippen LogP contribution in [0.1, 0.15) is 41.9 Å². The average molecular weight is 272 g/mol. The molecule has 3 rings (SSSR count).